The van der Waals surface area contributed by atoms with Crippen LogP contribution in [0.5, 0.6) is 0 Å². The second-order valence-electron chi connectivity index (χ2n) is 8.35. The first-order valence-electron chi connectivity index (χ1n) is 9.78. The van der Waals surface area contributed by atoms with Gasteiger partial charge in [0.05, 0.1) is 0 Å². The molecule has 1 aromatic carbocycles. The Balaban J connectivity index is 1.73. The first-order chi connectivity index (χ1) is 13.1. The highest BCUT2D eigenvalue weighted by Crippen LogP contribution is 2.29. The molecule has 1 aliphatic rings. The number of alkyl carbamates (subject to hydrolysis) is 1. The first kappa shape index (κ1) is 21.7. The fourth-order valence-electron chi connectivity index (χ4n) is 3.26. The van der Waals surface area contributed by atoms with Gasteiger partial charge in [0, 0.05) is 30.8 Å². The second-order valence-corrected chi connectivity index (χ2v) is 8.35. The molecule has 0 radical (unpaired) electrons. The summed E-state index contributed by atoms with van der Waals surface area (Å²) in [6.07, 6.45) is 3.01. The largest absolute Gasteiger partial charge is 0.444 e. The summed E-state index contributed by atoms with van der Waals surface area (Å²) < 4.78 is 5.25. The highest BCUT2D eigenvalue weighted by atomic mass is 16.6. The van der Waals surface area contributed by atoms with E-state index >= 15 is 0 Å². The normalized spacial score (nSPS) is 19.4. The number of nitrogens with one attached hydrogen (secondary N) is 3. The number of ether oxygens (including phenoxy) is 1. The molecule has 0 atom stereocenters. The molecule has 7 heteroatoms. The van der Waals surface area contributed by atoms with Gasteiger partial charge in [0.2, 0.25) is 11.8 Å². The van der Waals surface area contributed by atoms with Gasteiger partial charge in [0.25, 0.3) is 0 Å². The maximum Gasteiger partial charge on any atom is 0.407 e. The summed E-state index contributed by atoms with van der Waals surface area (Å²) in [4.78, 5) is 35.3. The van der Waals surface area contributed by atoms with Gasteiger partial charge in [0.1, 0.15) is 5.60 Å². The van der Waals surface area contributed by atoms with Crippen LogP contribution in [0.3, 0.4) is 0 Å². The quantitative estimate of drug-likeness (QED) is 0.711. The van der Waals surface area contributed by atoms with E-state index in [0.717, 1.165) is 25.7 Å². The topological polar surface area (TPSA) is 96.5 Å². The van der Waals surface area contributed by atoms with Crippen molar-refractivity contribution >= 4 is 29.3 Å². The lowest BCUT2D eigenvalue weighted by molar-refractivity contribution is -0.121. The molecule has 28 heavy (non-hydrogen) atoms. The lowest BCUT2D eigenvalue weighted by Crippen LogP contribution is -2.37. The summed E-state index contributed by atoms with van der Waals surface area (Å²) in [7, 11) is 0. The van der Waals surface area contributed by atoms with Crippen LogP contribution >= 0.6 is 0 Å². The van der Waals surface area contributed by atoms with Crippen LogP contribution in [0.15, 0.2) is 24.3 Å². The zero-order valence-electron chi connectivity index (χ0n) is 17.1. The molecule has 0 saturated heterocycles. The number of rotatable bonds is 5. The molecular formula is C21H31N3O4. The Morgan fingerprint density at radius 2 is 1.50 bits per heavy atom. The van der Waals surface area contributed by atoms with Crippen molar-refractivity contribution in [1.82, 2.24) is 5.32 Å². The minimum absolute atomic E-state index is 0.0193. The minimum Gasteiger partial charge on any atom is -0.444 e. The lowest BCUT2D eigenvalue weighted by Gasteiger charge is -2.28. The molecule has 0 aliphatic heterocycles. The molecule has 7 nitrogen and oxygen atoms in total. The van der Waals surface area contributed by atoms with Gasteiger partial charge in [-0.25, -0.2) is 4.79 Å². The Morgan fingerprint density at radius 1 is 0.964 bits per heavy atom. The summed E-state index contributed by atoms with van der Waals surface area (Å²) in [5.74, 6) is 0.238. The number of hydrogen-bond acceptors (Lipinski definition) is 4. The van der Waals surface area contributed by atoms with Crippen LogP contribution in [0.1, 0.15) is 53.4 Å². The van der Waals surface area contributed by atoms with Crippen LogP contribution in [0.2, 0.25) is 0 Å². The summed E-state index contributed by atoms with van der Waals surface area (Å²) in [5.41, 5.74) is 0.913. The minimum atomic E-state index is -0.500. The fraction of sp³-hybridized carbons (Fsp3) is 0.571. The van der Waals surface area contributed by atoms with Crippen LogP contribution in [0.4, 0.5) is 16.2 Å². The van der Waals surface area contributed by atoms with E-state index < -0.39 is 11.7 Å². The Morgan fingerprint density at radius 3 is 2.00 bits per heavy atom. The maximum absolute atomic E-state index is 12.5. The van der Waals surface area contributed by atoms with Gasteiger partial charge in [-0.05, 0) is 76.6 Å². The molecule has 0 unspecified atom stereocenters. The van der Waals surface area contributed by atoms with E-state index in [1.54, 1.807) is 24.3 Å². The van der Waals surface area contributed by atoms with Crippen LogP contribution in [-0.4, -0.2) is 30.1 Å². The standard InChI is InChI=1S/C21H31N3O4/c1-14(25)23-17-9-11-18(12-10-17)24-19(26)16-7-5-15(6-8-16)13-22-20(27)28-21(2,3)4/h9-12,15-16H,5-8,13H2,1-4H3,(H,22,27)(H,23,25)(H,24,26). The fourth-order valence-corrected chi connectivity index (χ4v) is 3.26. The maximum atomic E-state index is 12.5. The molecule has 3 N–H and O–H groups in total. The summed E-state index contributed by atoms with van der Waals surface area (Å²) in [6, 6.07) is 7.08. The number of anilines is 2. The average molecular weight is 389 g/mol. The van der Waals surface area contributed by atoms with Crippen molar-refractivity contribution in [2.45, 2.75) is 59.0 Å². The van der Waals surface area contributed by atoms with Gasteiger partial charge < -0.3 is 20.7 Å². The highest BCUT2D eigenvalue weighted by molar-refractivity contribution is 5.93. The number of carbonyl (C=O) groups is 3. The molecule has 0 bridgehead atoms. The smallest absolute Gasteiger partial charge is 0.407 e. The van der Waals surface area contributed by atoms with Crippen molar-refractivity contribution in [3.05, 3.63) is 24.3 Å². The molecule has 0 heterocycles. The van der Waals surface area contributed by atoms with Crippen molar-refractivity contribution < 1.29 is 19.1 Å². The van der Waals surface area contributed by atoms with Crippen LogP contribution < -0.4 is 16.0 Å². The zero-order valence-corrected chi connectivity index (χ0v) is 17.1. The van der Waals surface area contributed by atoms with Crippen LogP contribution in [-0.2, 0) is 14.3 Å². The molecule has 1 saturated carbocycles. The Kier molecular flexibility index (Phi) is 7.43. The summed E-state index contributed by atoms with van der Waals surface area (Å²) in [6.45, 7) is 7.54. The molecule has 3 amide bonds. The van der Waals surface area contributed by atoms with E-state index in [9.17, 15) is 14.4 Å². The van der Waals surface area contributed by atoms with Crippen LogP contribution in [0.25, 0.3) is 0 Å². The van der Waals surface area contributed by atoms with E-state index in [1.165, 1.54) is 6.92 Å². The second kappa shape index (κ2) is 9.57. The molecule has 1 aromatic rings. The van der Waals surface area contributed by atoms with Crippen molar-refractivity contribution in [3.8, 4) is 0 Å². The molecular weight excluding hydrogens is 358 g/mol. The molecule has 1 aliphatic carbocycles. The molecule has 154 valence electrons. The van der Waals surface area contributed by atoms with E-state index in [0.29, 0.717) is 23.8 Å². The van der Waals surface area contributed by atoms with Gasteiger partial charge in [-0.1, -0.05) is 0 Å². The zero-order chi connectivity index (χ0) is 20.7. The van der Waals surface area contributed by atoms with E-state index in [1.807, 2.05) is 20.8 Å². The third-order valence-corrected chi connectivity index (χ3v) is 4.62. The van der Waals surface area contributed by atoms with Crippen LogP contribution in [0, 0.1) is 11.8 Å². The number of hydrogen-bond donors (Lipinski definition) is 3. The summed E-state index contributed by atoms with van der Waals surface area (Å²) >= 11 is 0. The Hall–Kier alpha value is -2.57. The predicted octanol–water partition coefficient (Wildman–Crippen LogP) is 3.91. The van der Waals surface area contributed by atoms with Crippen molar-refractivity contribution in [2.24, 2.45) is 11.8 Å². The van der Waals surface area contributed by atoms with Crippen molar-refractivity contribution in [3.63, 3.8) is 0 Å². The van der Waals surface area contributed by atoms with Gasteiger partial charge in [-0.2, -0.15) is 0 Å². The van der Waals surface area contributed by atoms with Gasteiger partial charge >= 0.3 is 6.09 Å². The first-order valence-corrected chi connectivity index (χ1v) is 9.78. The van der Waals surface area contributed by atoms with Gasteiger partial charge in [-0.15, -0.1) is 0 Å². The third-order valence-electron chi connectivity index (χ3n) is 4.62. The molecule has 0 aromatic heterocycles. The van der Waals surface area contributed by atoms with Gasteiger partial charge in [-0.3, -0.25) is 9.59 Å². The summed E-state index contributed by atoms with van der Waals surface area (Å²) in [5, 5.41) is 8.46. The van der Waals surface area contributed by atoms with Crippen molar-refractivity contribution in [1.29, 1.82) is 0 Å². The monoisotopic (exact) mass is 389 g/mol. The Labute approximate surface area is 166 Å². The highest BCUT2D eigenvalue weighted by Gasteiger charge is 2.27. The molecule has 0 spiro atoms. The number of benzene rings is 1. The number of carbonyl (C=O) groups excluding carboxylic acids is 3. The van der Waals surface area contributed by atoms with Crippen molar-refractivity contribution in [2.75, 3.05) is 17.2 Å². The SMILES string of the molecule is CC(=O)Nc1ccc(NC(=O)C2CCC(CNC(=O)OC(C)(C)C)CC2)cc1. The predicted molar refractivity (Wildman–Crippen MR) is 109 cm³/mol. The molecule has 2 rings (SSSR count). The van der Waals surface area contributed by atoms with E-state index in [2.05, 4.69) is 16.0 Å². The van der Waals surface area contributed by atoms with E-state index in [4.69, 9.17) is 4.74 Å². The van der Waals surface area contributed by atoms with E-state index in [-0.39, 0.29) is 17.7 Å². The lowest BCUT2D eigenvalue weighted by atomic mass is 9.81. The number of amides is 3. The molecule has 1 fully saturated rings. The Bertz CT molecular complexity index is 687. The van der Waals surface area contributed by atoms with Gasteiger partial charge in [0.15, 0.2) is 0 Å². The third kappa shape index (κ3) is 7.58. The average Bonchev–Trinajstić information content (AvgIpc) is 2.60.